The van der Waals surface area contributed by atoms with Gasteiger partial charge >= 0.3 is 0 Å². The number of aromatic amines is 1. The minimum atomic E-state index is 0.879. The van der Waals surface area contributed by atoms with Gasteiger partial charge in [0.1, 0.15) is 5.65 Å². The van der Waals surface area contributed by atoms with Crippen LogP contribution < -0.4 is 0 Å². The van der Waals surface area contributed by atoms with Gasteiger partial charge in [-0.05, 0) is 18.2 Å². The van der Waals surface area contributed by atoms with E-state index in [-0.39, 0.29) is 0 Å². The molecule has 0 saturated heterocycles. The molecular formula is C14H11N5. The molecule has 0 saturated carbocycles. The van der Waals surface area contributed by atoms with Gasteiger partial charge in [0.2, 0.25) is 0 Å². The second-order valence-electron chi connectivity index (χ2n) is 4.54. The van der Waals surface area contributed by atoms with Crippen molar-refractivity contribution in [3.05, 3.63) is 43.0 Å². The van der Waals surface area contributed by atoms with Crippen LogP contribution in [0.1, 0.15) is 0 Å². The fourth-order valence-electron chi connectivity index (χ4n) is 2.34. The molecule has 92 valence electrons. The first-order valence-corrected chi connectivity index (χ1v) is 6.03. The molecule has 4 aromatic rings. The lowest BCUT2D eigenvalue weighted by Crippen LogP contribution is -1.85. The number of pyridine rings is 2. The quantitative estimate of drug-likeness (QED) is 0.564. The van der Waals surface area contributed by atoms with Crippen LogP contribution in [-0.4, -0.2) is 24.7 Å². The van der Waals surface area contributed by atoms with E-state index in [1.165, 1.54) is 0 Å². The monoisotopic (exact) mass is 249 g/mol. The third-order valence-electron chi connectivity index (χ3n) is 3.26. The Labute approximate surface area is 108 Å². The summed E-state index contributed by atoms with van der Waals surface area (Å²) in [6.07, 6.45) is 7.39. The van der Waals surface area contributed by atoms with Crippen LogP contribution in [-0.2, 0) is 7.05 Å². The number of nitrogens with one attached hydrogen (secondary N) is 1. The maximum atomic E-state index is 4.66. The van der Waals surface area contributed by atoms with Crippen LogP contribution in [0.15, 0.2) is 43.0 Å². The highest BCUT2D eigenvalue weighted by atomic mass is 15.2. The molecule has 1 N–H and O–H groups in total. The zero-order chi connectivity index (χ0) is 12.8. The predicted molar refractivity (Wildman–Crippen MR) is 73.6 cm³/mol. The summed E-state index contributed by atoms with van der Waals surface area (Å²) in [5, 5.41) is 6.44. The molecular weight excluding hydrogens is 238 g/mol. The highest BCUT2D eigenvalue weighted by molar-refractivity contribution is 6.05. The normalized spacial score (nSPS) is 11.4. The van der Waals surface area contributed by atoms with Crippen molar-refractivity contribution in [2.24, 2.45) is 7.05 Å². The van der Waals surface area contributed by atoms with Crippen LogP contribution in [0.5, 0.6) is 0 Å². The summed E-state index contributed by atoms with van der Waals surface area (Å²) >= 11 is 0. The Morgan fingerprint density at radius 2 is 2.05 bits per heavy atom. The van der Waals surface area contributed by atoms with Crippen molar-refractivity contribution in [2.75, 3.05) is 0 Å². The molecule has 0 atom stereocenters. The van der Waals surface area contributed by atoms with Gasteiger partial charge in [0, 0.05) is 35.8 Å². The molecule has 0 aliphatic heterocycles. The average Bonchev–Trinajstić information content (AvgIpc) is 3.01. The summed E-state index contributed by atoms with van der Waals surface area (Å²) in [6, 6.07) is 6.11. The average molecular weight is 249 g/mol. The molecule has 4 heterocycles. The van der Waals surface area contributed by atoms with Crippen LogP contribution >= 0.6 is 0 Å². The molecule has 0 unspecified atom stereocenters. The largest absolute Gasteiger partial charge is 0.338 e. The summed E-state index contributed by atoms with van der Waals surface area (Å²) in [7, 11) is 1.90. The van der Waals surface area contributed by atoms with E-state index in [0.29, 0.717) is 0 Å². The molecule has 5 nitrogen and oxygen atoms in total. The standard InChI is InChI=1S/C14H11N5/c1-19-8-9(6-16-19)12-3-2-11-10-4-5-15-7-13(10)18-14(11)17-12/h2-8H,1H3,(H,17,18). The summed E-state index contributed by atoms with van der Waals surface area (Å²) < 4.78 is 1.77. The maximum Gasteiger partial charge on any atom is 0.139 e. The Morgan fingerprint density at radius 1 is 1.11 bits per heavy atom. The van der Waals surface area contributed by atoms with Gasteiger partial charge in [-0.25, -0.2) is 4.98 Å². The Morgan fingerprint density at radius 3 is 2.89 bits per heavy atom. The number of nitrogens with zero attached hydrogens (tertiary/aromatic N) is 4. The van der Waals surface area contributed by atoms with Gasteiger partial charge in [-0.1, -0.05) is 0 Å². The smallest absolute Gasteiger partial charge is 0.139 e. The van der Waals surface area contributed by atoms with Gasteiger partial charge in [-0.3, -0.25) is 9.67 Å². The van der Waals surface area contributed by atoms with E-state index in [2.05, 4.69) is 26.1 Å². The molecule has 4 rings (SSSR count). The number of aryl methyl sites for hydroxylation is 1. The summed E-state index contributed by atoms with van der Waals surface area (Å²) in [6.45, 7) is 0. The fourth-order valence-corrected chi connectivity index (χ4v) is 2.34. The number of rotatable bonds is 1. The minimum absolute atomic E-state index is 0.879. The Kier molecular flexibility index (Phi) is 1.97. The summed E-state index contributed by atoms with van der Waals surface area (Å²) in [4.78, 5) is 12.1. The van der Waals surface area contributed by atoms with Crippen LogP contribution in [0, 0.1) is 0 Å². The van der Waals surface area contributed by atoms with Gasteiger partial charge < -0.3 is 4.98 Å². The van der Waals surface area contributed by atoms with Gasteiger partial charge in [-0.2, -0.15) is 5.10 Å². The number of aromatic nitrogens is 5. The van der Waals surface area contributed by atoms with Crippen molar-refractivity contribution in [2.45, 2.75) is 0 Å². The van der Waals surface area contributed by atoms with Gasteiger partial charge in [0.25, 0.3) is 0 Å². The SMILES string of the molecule is Cn1cc(-c2ccc3c(n2)[nH]c2cnccc23)cn1. The summed E-state index contributed by atoms with van der Waals surface area (Å²) in [5.74, 6) is 0. The first-order valence-electron chi connectivity index (χ1n) is 6.03. The third kappa shape index (κ3) is 1.52. The summed E-state index contributed by atoms with van der Waals surface area (Å²) in [5.41, 5.74) is 3.82. The lowest BCUT2D eigenvalue weighted by atomic mass is 10.2. The van der Waals surface area contributed by atoms with Crippen LogP contribution in [0.25, 0.3) is 33.2 Å². The molecule has 0 aromatic carbocycles. The second kappa shape index (κ2) is 3.65. The van der Waals surface area contributed by atoms with E-state index in [1.54, 1.807) is 10.9 Å². The van der Waals surface area contributed by atoms with Gasteiger partial charge in [0.05, 0.1) is 23.6 Å². The van der Waals surface area contributed by atoms with E-state index in [4.69, 9.17) is 0 Å². The van der Waals surface area contributed by atoms with Crippen molar-refractivity contribution >= 4 is 21.9 Å². The molecule has 0 spiro atoms. The zero-order valence-electron chi connectivity index (χ0n) is 10.3. The number of fused-ring (bicyclic) bond motifs is 3. The zero-order valence-corrected chi connectivity index (χ0v) is 10.3. The molecule has 19 heavy (non-hydrogen) atoms. The lowest BCUT2D eigenvalue weighted by molar-refractivity contribution is 0.768. The molecule has 0 fully saturated rings. The van der Waals surface area contributed by atoms with Crippen LogP contribution in [0.2, 0.25) is 0 Å². The number of H-pyrrole nitrogens is 1. The fraction of sp³-hybridized carbons (Fsp3) is 0.0714. The Hall–Kier alpha value is -2.69. The Balaban J connectivity index is 1.99. The number of hydrogen-bond donors (Lipinski definition) is 1. The van der Waals surface area contributed by atoms with Crippen LogP contribution in [0.4, 0.5) is 0 Å². The first kappa shape index (κ1) is 10.3. The second-order valence-corrected chi connectivity index (χ2v) is 4.54. The topological polar surface area (TPSA) is 59.4 Å². The highest BCUT2D eigenvalue weighted by Gasteiger charge is 2.08. The van der Waals surface area contributed by atoms with E-state index < -0.39 is 0 Å². The van der Waals surface area contributed by atoms with Crippen molar-refractivity contribution < 1.29 is 0 Å². The van der Waals surface area contributed by atoms with E-state index in [1.807, 2.05) is 37.8 Å². The first-order chi connectivity index (χ1) is 9.31. The number of hydrogen-bond acceptors (Lipinski definition) is 3. The van der Waals surface area contributed by atoms with E-state index >= 15 is 0 Å². The minimum Gasteiger partial charge on any atom is -0.338 e. The molecule has 0 radical (unpaired) electrons. The molecule has 4 aromatic heterocycles. The molecule has 0 amide bonds. The molecule has 5 heteroatoms. The van der Waals surface area contributed by atoms with Gasteiger partial charge in [-0.15, -0.1) is 0 Å². The van der Waals surface area contributed by atoms with Gasteiger partial charge in [0.15, 0.2) is 0 Å². The van der Waals surface area contributed by atoms with Crippen molar-refractivity contribution in [3.63, 3.8) is 0 Å². The lowest BCUT2D eigenvalue weighted by Gasteiger charge is -1.96. The van der Waals surface area contributed by atoms with E-state index in [0.717, 1.165) is 33.2 Å². The van der Waals surface area contributed by atoms with Crippen molar-refractivity contribution in [3.8, 4) is 11.3 Å². The molecule has 0 aliphatic rings. The van der Waals surface area contributed by atoms with Crippen molar-refractivity contribution in [1.82, 2.24) is 24.7 Å². The predicted octanol–water partition coefficient (Wildman–Crippen LogP) is 2.51. The molecule has 0 bridgehead atoms. The van der Waals surface area contributed by atoms with Crippen molar-refractivity contribution in [1.29, 1.82) is 0 Å². The molecule has 0 aliphatic carbocycles. The third-order valence-corrected chi connectivity index (χ3v) is 3.26. The maximum absolute atomic E-state index is 4.66. The highest BCUT2D eigenvalue weighted by Crippen LogP contribution is 2.26. The van der Waals surface area contributed by atoms with Crippen LogP contribution in [0.3, 0.4) is 0 Å². The Bertz CT molecular complexity index is 887. The van der Waals surface area contributed by atoms with E-state index in [9.17, 15) is 0 Å².